The first-order valence-electron chi connectivity index (χ1n) is 6.74. The maximum absolute atomic E-state index is 4.52. The molecule has 1 rings (SSSR count). The lowest BCUT2D eigenvalue weighted by Gasteiger charge is -2.26. The number of hydrogen-bond donors (Lipinski definition) is 1. The molecule has 0 amide bonds. The molecule has 0 saturated heterocycles. The zero-order chi connectivity index (χ0) is 13.6. The van der Waals surface area contributed by atoms with Crippen molar-refractivity contribution in [1.82, 2.24) is 15.2 Å². The Balaban J connectivity index is 2.48. The minimum Gasteiger partial charge on any atom is -0.313 e. The summed E-state index contributed by atoms with van der Waals surface area (Å²) in [5.41, 5.74) is 2.72. The van der Waals surface area contributed by atoms with E-state index in [9.17, 15) is 0 Å². The molecule has 0 fully saturated rings. The molecular weight excluding hydrogens is 222 g/mol. The third-order valence-electron chi connectivity index (χ3n) is 2.64. The van der Waals surface area contributed by atoms with Gasteiger partial charge in [-0.1, -0.05) is 33.8 Å². The van der Waals surface area contributed by atoms with E-state index in [2.05, 4.69) is 62.1 Å². The Morgan fingerprint density at radius 3 is 2.50 bits per heavy atom. The van der Waals surface area contributed by atoms with Crippen LogP contribution in [0.15, 0.2) is 18.3 Å². The summed E-state index contributed by atoms with van der Waals surface area (Å²) in [4.78, 5) is 6.85. The van der Waals surface area contributed by atoms with E-state index in [4.69, 9.17) is 0 Å². The molecule has 3 nitrogen and oxygen atoms in total. The highest BCUT2D eigenvalue weighted by Gasteiger charge is 2.13. The summed E-state index contributed by atoms with van der Waals surface area (Å²) in [6, 6.07) is 4.29. The molecule has 0 unspecified atom stereocenters. The molecule has 0 saturated carbocycles. The molecule has 102 valence electrons. The predicted molar refractivity (Wildman–Crippen MR) is 77.4 cm³/mol. The lowest BCUT2D eigenvalue weighted by Crippen LogP contribution is -2.29. The van der Waals surface area contributed by atoms with Crippen molar-refractivity contribution in [2.24, 2.45) is 5.41 Å². The summed E-state index contributed by atoms with van der Waals surface area (Å²) in [5.74, 6) is 0. The van der Waals surface area contributed by atoms with Crippen molar-refractivity contribution in [1.29, 1.82) is 0 Å². The lowest BCUT2D eigenvalue weighted by atomic mass is 9.96. The van der Waals surface area contributed by atoms with E-state index in [-0.39, 0.29) is 0 Å². The molecule has 1 aromatic heterocycles. The van der Waals surface area contributed by atoms with Gasteiger partial charge in [0.15, 0.2) is 0 Å². The van der Waals surface area contributed by atoms with E-state index in [1.165, 1.54) is 5.56 Å². The molecule has 0 spiro atoms. The fraction of sp³-hybridized carbons (Fsp3) is 0.667. The monoisotopic (exact) mass is 249 g/mol. The van der Waals surface area contributed by atoms with Crippen molar-refractivity contribution in [3.63, 3.8) is 0 Å². The van der Waals surface area contributed by atoms with Gasteiger partial charge in [0.1, 0.15) is 0 Å². The SMILES string of the molecule is CCNCc1ccc(CN(C)CC(C)(C)C)nc1. The smallest absolute Gasteiger partial charge is 0.0544 e. The van der Waals surface area contributed by atoms with E-state index < -0.39 is 0 Å². The number of rotatable bonds is 6. The second-order valence-electron chi connectivity index (χ2n) is 6.17. The zero-order valence-corrected chi connectivity index (χ0v) is 12.5. The highest BCUT2D eigenvalue weighted by molar-refractivity contribution is 5.13. The van der Waals surface area contributed by atoms with Gasteiger partial charge in [-0.25, -0.2) is 0 Å². The Bertz CT molecular complexity index is 338. The second-order valence-corrected chi connectivity index (χ2v) is 6.17. The lowest BCUT2D eigenvalue weighted by molar-refractivity contribution is 0.219. The van der Waals surface area contributed by atoms with Crippen LogP contribution in [-0.4, -0.2) is 30.0 Å². The van der Waals surface area contributed by atoms with E-state index in [0.29, 0.717) is 5.41 Å². The molecular formula is C15H27N3. The molecule has 0 atom stereocenters. The Labute approximate surface area is 112 Å². The van der Waals surface area contributed by atoms with Gasteiger partial charge < -0.3 is 10.2 Å². The summed E-state index contributed by atoms with van der Waals surface area (Å²) in [6.07, 6.45) is 1.98. The standard InChI is InChI=1S/C15H27N3/c1-6-16-9-13-7-8-14(17-10-13)11-18(5)12-15(2,3)4/h7-8,10,16H,6,9,11-12H2,1-5H3. The van der Waals surface area contributed by atoms with E-state index in [0.717, 1.165) is 31.9 Å². The van der Waals surface area contributed by atoms with Gasteiger partial charge in [0, 0.05) is 25.8 Å². The quantitative estimate of drug-likeness (QED) is 0.840. The van der Waals surface area contributed by atoms with Crippen LogP contribution in [0.4, 0.5) is 0 Å². The molecule has 0 aliphatic rings. The largest absolute Gasteiger partial charge is 0.313 e. The summed E-state index contributed by atoms with van der Waals surface area (Å²) >= 11 is 0. The van der Waals surface area contributed by atoms with Crippen LogP contribution in [0.25, 0.3) is 0 Å². The first-order valence-corrected chi connectivity index (χ1v) is 6.74. The summed E-state index contributed by atoms with van der Waals surface area (Å²) in [6.45, 7) is 12.8. The average Bonchev–Trinajstić information content (AvgIpc) is 2.25. The Morgan fingerprint density at radius 1 is 1.28 bits per heavy atom. The van der Waals surface area contributed by atoms with Gasteiger partial charge in [0.2, 0.25) is 0 Å². The van der Waals surface area contributed by atoms with Crippen molar-refractivity contribution in [3.8, 4) is 0 Å². The van der Waals surface area contributed by atoms with E-state index in [1.54, 1.807) is 0 Å². The maximum atomic E-state index is 4.52. The van der Waals surface area contributed by atoms with Crippen molar-refractivity contribution in [2.45, 2.75) is 40.8 Å². The minimum atomic E-state index is 0.333. The molecule has 1 N–H and O–H groups in total. The molecule has 1 heterocycles. The number of nitrogens with one attached hydrogen (secondary N) is 1. The first kappa shape index (κ1) is 15.1. The van der Waals surface area contributed by atoms with Gasteiger partial charge >= 0.3 is 0 Å². The molecule has 18 heavy (non-hydrogen) atoms. The summed E-state index contributed by atoms with van der Waals surface area (Å²) in [7, 11) is 2.15. The van der Waals surface area contributed by atoms with Gasteiger partial charge in [0.25, 0.3) is 0 Å². The average molecular weight is 249 g/mol. The number of pyridine rings is 1. The van der Waals surface area contributed by atoms with E-state index >= 15 is 0 Å². The van der Waals surface area contributed by atoms with Crippen LogP contribution in [0.1, 0.15) is 39.0 Å². The van der Waals surface area contributed by atoms with Gasteiger partial charge in [-0.2, -0.15) is 0 Å². The number of nitrogens with zero attached hydrogens (tertiary/aromatic N) is 2. The van der Waals surface area contributed by atoms with Crippen molar-refractivity contribution >= 4 is 0 Å². The molecule has 0 bridgehead atoms. The number of aromatic nitrogens is 1. The van der Waals surface area contributed by atoms with Gasteiger partial charge in [0.05, 0.1) is 5.69 Å². The number of hydrogen-bond acceptors (Lipinski definition) is 3. The summed E-state index contributed by atoms with van der Waals surface area (Å²) < 4.78 is 0. The fourth-order valence-corrected chi connectivity index (χ4v) is 2.06. The predicted octanol–water partition coefficient (Wildman–Crippen LogP) is 2.67. The molecule has 0 aromatic carbocycles. The molecule has 0 aliphatic heterocycles. The fourth-order valence-electron chi connectivity index (χ4n) is 2.06. The maximum Gasteiger partial charge on any atom is 0.0544 e. The second kappa shape index (κ2) is 6.86. The van der Waals surface area contributed by atoms with Crippen LogP contribution in [0, 0.1) is 5.41 Å². The third kappa shape index (κ3) is 6.12. The van der Waals surface area contributed by atoms with Crippen molar-refractivity contribution in [2.75, 3.05) is 20.1 Å². The Kier molecular flexibility index (Phi) is 5.76. The normalized spacial score (nSPS) is 12.1. The van der Waals surface area contributed by atoms with E-state index in [1.807, 2.05) is 6.20 Å². The zero-order valence-electron chi connectivity index (χ0n) is 12.5. The third-order valence-corrected chi connectivity index (χ3v) is 2.64. The van der Waals surface area contributed by atoms with Crippen molar-refractivity contribution in [3.05, 3.63) is 29.6 Å². The van der Waals surface area contributed by atoms with Crippen LogP contribution >= 0.6 is 0 Å². The Morgan fingerprint density at radius 2 is 2.00 bits per heavy atom. The minimum absolute atomic E-state index is 0.333. The van der Waals surface area contributed by atoms with Gasteiger partial charge in [-0.15, -0.1) is 0 Å². The highest BCUT2D eigenvalue weighted by atomic mass is 15.1. The van der Waals surface area contributed by atoms with Gasteiger partial charge in [-0.05, 0) is 30.6 Å². The Hall–Kier alpha value is -0.930. The highest BCUT2D eigenvalue weighted by Crippen LogP contribution is 2.15. The van der Waals surface area contributed by atoms with Crippen LogP contribution in [-0.2, 0) is 13.1 Å². The first-order chi connectivity index (χ1) is 8.40. The molecule has 0 aliphatic carbocycles. The van der Waals surface area contributed by atoms with Crippen LogP contribution in [0.3, 0.4) is 0 Å². The van der Waals surface area contributed by atoms with Gasteiger partial charge in [-0.3, -0.25) is 4.98 Å². The topological polar surface area (TPSA) is 28.2 Å². The van der Waals surface area contributed by atoms with Crippen LogP contribution < -0.4 is 5.32 Å². The molecule has 0 radical (unpaired) electrons. The molecule has 1 aromatic rings. The van der Waals surface area contributed by atoms with Crippen LogP contribution in [0.2, 0.25) is 0 Å². The summed E-state index contributed by atoms with van der Waals surface area (Å²) in [5, 5.41) is 3.31. The van der Waals surface area contributed by atoms with Crippen molar-refractivity contribution < 1.29 is 0 Å². The van der Waals surface area contributed by atoms with Crippen LogP contribution in [0.5, 0.6) is 0 Å². The molecule has 3 heteroatoms.